The summed E-state index contributed by atoms with van der Waals surface area (Å²) in [7, 11) is -6.78. The van der Waals surface area contributed by atoms with Crippen LogP contribution < -0.4 is 0 Å². The van der Waals surface area contributed by atoms with Crippen molar-refractivity contribution in [3.8, 4) is 0 Å². The zero-order chi connectivity index (χ0) is 14.8. The maximum Gasteiger partial charge on any atom is 0.338 e. The molecule has 0 aliphatic carbocycles. The van der Waals surface area contributed by atoms with Crippen LogP contribution in [-0.4, -0.2) is 16.5 Å². The van der Waals surface area contributed by atoms with Gasteiger partial charge in [-0.3, -0.25) is 0 Å². The third-order valence-corrected chi connectivity index (χ3v) is 5.39. The molecule has 0 aliphatic heterocycles. The van der Waals surface area contributed by atoms with E-state index in [-0.39, 0.29) is 4.90 Å². The Balaban J connectivity index is 3.16. The van der Waals surface area contributed by atoms with Gasteiger partial charge in [-0.2, -0.15) is 17.2 Å². The second-order valence-corrected chi connectivity index (χ2v) is 11.7. The molecule has 3 nitrogen and oxygen atoms in total. The quantitative estimate of drug-likeness (QED) is 0.484. The Labute approximate surface area is 113 Å². The fraction of sp³-hybridized carbons (Fsp3) is 0.333. The molecule has 19 heavy (non-hydrogen) atoms. The van der Waals surface area contributed by atoms with Crippen LogP contribution in [-0.2, 0) is 14.3 Å². The molecule has 0 heterocycles. The number of hydrogen-bond donors (Lipinski definition) is 0. The van der Waals surface area contributed by atoms with Crippen molar-refractivity contribution in [3.63, 3.8) is 0 Å². The van der Waals surface area contributed by atoms with Gasteiger partial charge in [0.1, 0.15) is 13.0 Å². The molecule has 1 rings (SSSR count). The lowest BCUT2D eigenvalue weighted by Gasteiger charge is -2.19. The predicted molar refractivity (Wildman–Crippen MR) is 72.0 cm³/mol. The highest BCUT2D eigenvalue weighted by Crippen LogP contribution is 2.26. The van der Waals surface area contributed by atoms with Crippen molar-refractivity contribution in [2.75, 3.05) is 0 Å². The van der Waals surface area contributed by atoms with Crippen molar-refractivity contribution in [2.45, 2.75) is 31.5 Å². The van der Waals surface area contributed by atoms with Gasteiger partial charge >= 0.3 is 16.2 Å². The van der Waals surface area contributed by atoms with E-state index < -0.39 is 29.7 Å². The molecule has 0 aliphatic rings. The third kappa shape index (κ3) is 4.14. The molecule has 0 spiro atoms. The first-order valence-corrected chi connectivity index (χ1v) is 10.5. The van der Waals surface area contributed by atoms with Crippen LogP contribution in [0.3, 0.4) is 0 Å². The Kier molecular flexibility index (Phi) is 4.52. The lowest BCUT2D eigenvalue weighted by molar-refractivity contribution is 0.346. The molecular weight excluding hydrogens is 290 g/mol. The van der Waals surface area contributed by atoms with Crippen molar-refractivity contribution < 1.29 is 21.4 Å². The Morgan fingerprint density at radius 1 is 1.11 bits per heavy atom. The average Bonchev–Trinajstić information content (AvgIpc) is 2.24. The third-order valence-electron chi connectivity index (χ3n) is 2.36. The summed E-state index contributed by atoms with van der Waals surface area (Å²) < 4.78 is 54.2. The average molecular weight is 306 g/mol. The largest absolute Gasteiger partial charge is 0.383 e. The van der Waals surface area contributed by atoms with E-state index in [4.69, 9.17) is 0 Å². The molecule has 1 aromatic carbocycles. The van der Waals surface area contributed by atoms with Crippen LogP contribution in [0.2, 0.25) is 19.6 Å². The highest BCUT2D eigenvalue weighted by Gasteiger charge is 2.32. The van der Waals surface area contributed by atoms with Gasteiger partial charge in [0.15, 0.2) is 5.38 Å². The molecule has 0 aromatic heterocycles. The molecule has 0 amide bonds. The van der Waals surface area contributed by atoms with E-state index in [0.29, 0.717) is 0 Å². The van der Waals surface area contributed by atoms with E-state index in [1.54, 1.807) is 38.7 Å². The van der Waals surface area contributed by atoms with Crippen molar-refractivity contribution in [1.82, 2.24) is 0 Å². The Hall–Kier alpha value is -1.21. The first-order chi connectivity index (χ1) is 8.54. The Morgan fingerprint density at radius 3 is 1.95 bits per heavy atom. The van der Waals surface area contributed by atoms with Crippen LogP contribution in [0.1, 0.15) is 5.56 Å². The lowest BCUT2D eigenvalue weighted by Crippen LogP contribution is -2.28. The van der Waals surface area contributed by atoms with Crippen LogP contribution in [0.25, 0.3) is 0 Å². The van der Waals surface area contributed by atoms with E-state index in [0.717, 1.165) is 5.56 Å². The minimum Gasteiger partial charge on any atom is -0.383 e. The van der Waals surface area contributed by atoms with Gasteiger partial charge in [-0.25, -0.2) is 0 Å². The fourth-order valence-electron chi connectivity index (χ4n) is 1.30. The zero-order valence-corrected chi connectivity index (χ0v) is 13.0. The summed E-state index contributed by atoms with van der Waals surface area (Å²) >= 11 is 0. The van der Waals surface area contributed by atoms with Crippen LogP contribution >= 0.6 is 0 Å². The molecule has 0 saturated heterocycles. The zero-order valence-electron chi connectivity index (χ0n) is 11.2. The number of rotatable bonds is 4. The first kappa shape index (κ1) is 15.8. The van der Waals surface area contributed by atoms with Gasteiger partial charge in [0.05, 0.1) is 0 Å². The fourth-order valence-corrected chi connectivity index (χ4v) is 4.05. The van der Waals surface area contributed by atoms with Crippen LogP contribution in [0.4, 0.5) is 8.78 Å². The van der Waals surface area contributed by atoms with Crippen molar-refractivity contribution in [2.24, 2.45) is 0 Å². The highest BCUT2D eigenvalue weighted by molar-refractivity contribution is 7.87. The summed E-state index contributed by atoms with van der Waals surface area (Å²) in [6, 6.07) is 5.84. The van der Waals surface area contributed by atoms with E-state index >= 15 is 0 Å². The molecular formula is C12H16F2O3SSi. The number of halogens is 2. The van der Waals surface area contributed by atoms with Gasteiger partial charge in [0, 0.05) is 0 Å². The van der Waals surface area contributed by atoms with E-state index in [2.05, 4.69) is 4.18 Å². The molecule has 0 saturated carbocycles. The van der Waals surface area contributed by atoms with Crippen molar-refractivity contribution in [3.05, 3.63) is 41.3 Å². The molecule has 1 aromatic rings. The molecule has 0 unspecified atom stereocenters. The molecule has 0 fully saturated rings. The van der Waals surface area contributed by atoms with E-state index in [9.17, 15) is 17.2 Å². The minimum absolute atomic E-state index is 0.130. The van der Waals surface area contributed by atoms with Gasteiger partial charge in [-0.15, -0.1) is 0 Å². The summed E-state index contributed by atoms with van der Waals surface area (Å²) in [6.07, 6.45) is -2.07. The summed E-state index contributed by atoms with van der Waals surface area (Å²) in [5.74, 6) is 0. The molecule has 0 atom stereocenters. The second kappa shape index (κ2) is 5.42. The molecule has 0 bridgehead atoms. The van der Waals surface area contributed by atoms with Gasteiger partial charge in [0.25, 0.3) is 0 Å². The molecule has 0 N–H and O–H groups in total. The van der Waals surface area contributed by atoms with Gasteiger partial charge < -0.3 is 4.18 Å². The molecule has 7 heteroatoms. The van der Waals surface area contributed by atoms with Crippen molar-refractivity contribution in [1.29, 1.82) is 0 Å². The molecule has 0 radical (unpaired) electrons. The van der Waals surface area contributed by atoms with Gasteiger partial charge in [0.2, 0.25) is 0 Å². The number of aryl methyl sites for hydroxylation is 1. The molecule has 106 valence electrons. The van der Waals surface area contributed by atoms with Crippen LogP contribution in [0, 0.1) is 6.92 Å². The normalized spacial score (nSPS) is 12.1. The topological polar surface area (TPSA) is 43.4 Å². The maximum absolute atomic E-state index is 12.8. The lowest BCUT2D eigenvalue weighted by atomic mass is 10.2. The second-order valence-electron chi connectivity index (χ2n) is 5.19. The van der Waals surface area contributed by atoms with E-state index in [1.165, 1.54) is 12.1 Å². The summed E-state index contributed by atoms with van der Waals surface area (Å²) in [4.78, 5) is -0.130. The summed E-state index contributed by atoms with van der Waals surface area (Å²) in [6.45, 7) is 6.57. The van der Waals surface area contributed by atoms with Crippen LogP contribution in [0.5, 0.6) is 0 Å². The van der Waals surface area contributed by atoms with Gasteiger partial charge in [-0.1, -0.05) is 37.3 Å². The Morgan fingerprint density at radius 2 is 1.58 bits per heavy atom. The van der Waals surface area contributed by atoms with E-state index in [1.807, 2.05) is 0 Å². The minimum atomic E-state index is -4.21. The highest BCUT2D eigenvalue weighted by atomic mass is 32.2. The van der Waals surface area contributed by atoms with Crippen molar-refractivity contribution >= 4 is 18.2 Å². The number of hydrogen-bond acceptors (Lipinski definition) is 3. The van der Waals surface area contributed by atoms with Crippen LogP contribution in [0.15, 0.2) is 40.6 Å². The predicted octanol–water partition coefficient (Wildman–Crippen LogP) is 3.69. The SMILES string of the molecule is Cc1ccc(S(=O)(=O)OC(=C(F)F)[Si](C)(C)C)cc1. The maximum atomic E-state index is 12.8. The summed E-state index contributed by atoms with van der Waals surface area (Å²) in [5, 5.41) is -0.701. The summed E-state index contributed by atoms with van der Waals surface area (Å²) in [5.41, 5.74) is 0.872. The monoisotopic (exact) mass is 306 g/mol. The standard InChI is InChI=1S/C12H16F2O3SSi/c1-9-5-7-10(8-6-9)18(15,16)17-12(11(13)14)19(2,3)4/h5-8H,1-4H3. The first-order valence-electron chi connectivity index (χ1n) is 5.61. The number of benzene rings is 1. The van der Waals surface area contributed by atoms with Gasteiger partial charge in [-0.05, 0) is 19.1 Å². The Bertz CT molecular complexity index is 582. The smallest absolute Gasteiger partial charge is 0.338 e.